The quantitative estimate of drug-likeness (QED) is 0.862. The highest BCUT2D eigenvalue weighted by molar-refractivity contribution is 5.97. The monoisotopic (exact) mass is 363 g/mol. The molecule has 7 nitrogen and oxygen atoms in total. The highest BCUT2D eigenvalue weighted by Gasteiger charge is 2.55. The third kappa shape index (κ3) is 3.00. The molecule has 1 aromatic carbocycles. The van der Waals surface area contributed by atoms with Crippen molar-refractivity contribution in [3.63, 3.8) is 0 Å². The minimum absolute atomic E-state index is 0.0372. The van der Waals surface area contributed by atoms with Crippen molar-refractivity contribution >= 4 is 23.6 Å². The number of aliphatic carboxylic acids is 1. The Morgan fingerprint density at radius 1 is 1.35 bits per heavy atom. The van der Waals surface area contributed by atoms with Gasteiger partial charge in [0.25, 0.3) is 5.91 Å². The molecule has 3 amide bonds. The zero-order valence-electron chi connectivity index (χ0n) is 14.8. The Kier molecular flexibility index (Phi) is 4.60. The number of urea groups is 1. The predicted molar refractivity (Wildman–Crippen MR) is 92.4 cm³/mol. The molecule has 2 fully saturated rings. The van der Waals surface area contributed by atoms with Gasteiger partial charge in [0.05, 0.1) is 11.0 Å². The number of halogens is 1. The van der Waals surface area contributed by atoms with Gasteiger partial charge in [-0.1, -0.05) is 6.42 Å². The lowest BCUT2D eigenvalue weighted by Crippen LogP contribution is -2.38. The van der Waals surface area contributed by atoms with Crippen molar-refractivity contribution in [1.82, 2.24) is 9.80 Å². The molecule has 1 saturated heterocycles. The van der Waals surface area contributed by atoms with Crippen LogP contribution in [0.4, 0.5) is 14.9 Å². The lowest BCUT2D eigenvalue weighted by molar-refractivity contribution is -0.149. The zero-order valence-corrected chi connectivity index (χ0v) is 14.8. The number of hydrogen-bond donors (Lipinski definition) is 2. The van der Waals surface area contributed by atoms with Crippen LogP contribution in [0.3, 0.4) is 0 Å². The normalized spacial score (nSPS) is 24.3. The molecule has 1 saturated carbocycles. The van der Waals surface area contributed by atoms with Crippen LogP contribution in [0.1, 0.15) is 29.6 Å². The van der Waals surface area contributed by atoms with Gasteiger partial charge in [-0.25, -0.2) is 9.18 Å². The van der Waals surface area contributed by atoms with Gasteiger partial charge in [-0.15, -0.1) is 0 Å². The number of fused-ring (bicyclic) bond motifs is 1. The van der Waals surface area contributed by atoms with Gasteiger partial charge in [0.1, 0.15) is 5.82 Å². The molecule has 8 heteroatoms. The Morgan fingerprint density at radius 3 is 2.69 bits per heavy atom. The lowest BCUT2D eigenvalue weighted by atomic mass is 9.81. The van der Waals surface area contributed by atoms with Gasteiger partial charge in [0.2, 0.25) is 0 Å². The average molecular weight is 363 g/mol. The number of carbonyl (C=O) groups excluding carboxylic acids is 2. The van der Waals surface area contributed by atoms with Crippen molar-refractivity contribution in [3.05, 3.63) is 29.6 Å². The molecule has 26 heavy (non-hydrogen) atoms. The topological polar surface area (TPSA) is 90.0 Å². The van der Waals surface area contributed by atoms with E-state index in [0.29, 0.717) is 18.7 Å². The maximum absolute atomic E-state index is 13.9. The largest absolute Gasteiger partial charge is 0.481 e. The van der Waals surface area contributed by atoms with Crippen molar-refractivity contribution < 1.29 is 23.9 Å². The average Bonchev–Trinajstić information content (AvgIpc) is 3.14. The molecule has 2 aliphatic rings. The summed E-state index contributed by atoms with van der Waals surface area (Å²) in [6.07, 6.45) is 2.24. The molecule has 3 rings (SSSR count). The number of hydrogen-bond acceptors (Lipinski definition) is 3. The van der Waals surface area contributed by atoms with Gasteiger partial charge in [-0.3, -0.25) is 9.59 Å². The third-order valence-electron chi connectivity index (χ3n) is 5.44. The number of rotatable bonds is 3. The van der Waals surface area contributed by atoms with Gasteiger partial charge in [-0.05, 0) is 37.0 Å². The first kappa shape index (κ1) is 18.2. The van der Waals surface area contributed by atoms with E-state index in [1.807, 2.05) is 0 Å². The van der Waals surface area contributed by atoms with Crippen molar-refractivity contribution in [2.75, 3.05) is 32.5 Å². The molecule has 1 aromatic rings. The van der Waals surface area contributed by atoms with Crippen molar-refractivity contribution in [2.24, 2.45) is 11.3 Å². The highest BCUT2D eigenvalue weighted by atomic mass is 19.1. The fourth-order valence-corrected chi connectivity index (χ4v) is 4.00. The molecule has 2 N–H and O–H groups in total. The second kappa shape index (κ2) is 6.59. The molecule has 140 valence electrons. The lowest BCUT2D eigenvalue weighted by Gasteiger charge is -2.23. The van der Waals surface area contributed by atoms with Crippen molar-refractivity contribution in [3.8, 4) is 0 Å². The SMILES string of the molecule is CN(C)C(=O)c1cc(NC(=O)N2C[C@@H]3CCC[C@@]3(C(=O)O)C2)ccc1F. The van der Waals surface area contributed by atoms with Crippen LogP contribution in [-0.4, -0.2) is 60.0 Å². The molecule has 0 aromatic heterocycles. The Hall–Kier alpha value is -2.64. The summed E-state index contributed by atoms with van der Waals surface area (Å²) in [5.74, 6) is -2.05. The minimum Gasteiger partial charge on any atom is -0.481 e. The van der Waals surface area contributed by atoms with E-state index in [0.717, 1.165) is 18.9 Å². The van der Waals surface area contributed by atoms with Crippen LogP contribution in [0.25, 0.3) is 0 Å². The van der Waals surface area contributed by atoms with E-state index in [2.05, 4.69) is 5.32 Å². The molecule has 0 bridgehead atoms. The predicted octanol–water partition coefficient (Wildman–Crippen LogP) is 2.25. The van der Waals surface area contributed by atoms with E-state index >= 15 is 0 Å². The summed E-state index contributed by atoms with van der Waals surface area (Å²) < 4.78 is 13.9. The number of nitrogens with one attached hydrogen (secondary N) is 1. The van der Waals surface area contributed by atoms with Crippen LogP contribution < -0.4 is 5.32 Å². The van der Waals surface area contributed by atoms with Gasteiger partial charge in [0, 0.05) is 32.9 Å². The summed E-state index contributed by atoms with van der Waals surface area (Å²) in [5, 5.41) is 12.2. The standard InChI is InChI=1S/C18H22FN3O4/c1-21(2)15(23)13-8-12(5-6-14(13)19)20-17(26)22-9-11-4-3-7-18(11,10-22)16(24)25/h5-6,8,11H,3-4,7,9-10H2,1-2H3,(H,20,26)(H,24,25)/t11-,18+/m0/s1. The third-order valence-corrected chi connectivity index (χ3v) is 5.44. The fraction of sp³-hybridized carbons (Fsp3) is 0.500. The van der Waals surface area contributed by atoms with Crippen LogP contribution >= 0.6 is 0 Å². The first-order chi connectivity index (χ1) is 12.2. The number of likely N-dealkylation sites (tertiary alicyclic amines) is 1. The van der Waals surface area contributed by atoms with Gasteiger partial charge in [0.15, 0.2) is 0 Å². The molecular weight excluding hydrogens is 341 g/mol. The van der Waals surface area contributed by atoms with Gasteiger partial charge >= 0.3 is 12.0 Å². The molecule has 1 aliphatic heterocycles. The van der Waals surface area contributed by atoms with E-state index < -0.39 is 29.1 Å². The molecule has 0 spiro atoms. The molecule has 2 atom stereocenters. The zero-order chi connectivity index (χ0) is 19.1. The Balaban J connectivity index is 1.74. The van der Waals surface area contributed by atoms with E-state index in [-0.39, 0.29) is 18.0 Å². The first-order valence-corrected chi connectivity index (χ1v) is 8.55. The number of amides is 3. The number of nitrogens with zero attached hydrogens (tertiary/aromatic N) is 2. The fourth-order valence-electron chi connectivity index (χ4n) is 4.00. The van der Waals surface area contributed by atoms with Crippen molar-refractivity contribution in [1.29, 1.82) is 0 Å². The van der Waals surface area contributed by atoms with E-state index in [1.165, 1.54) is 36.0 Å². The second-order valence-corrected chi connectivity index (χ2v) is 7.26. The summed E-state index contributed by atoms with van der Waals surface area (Å²) in [4.78, 5) is 39.0. The summed E-state index contributed by atoms with van der Waals surface area (Å²) in [6.45, 7) is 0.562. The van der Waals surface area contributed by atoms with Gasteiger partial charge < -0.3 is 20.2 Å². The number of carboxylic acid groups (broad SMARTS) is 1. The summed E-state index contributed by atoms with van der Waals surface area (Å²) in [7, 11) is 3.03. The summed E-state index contributed by atoms with van der Waals surface area (Å²) in [5.41, 5.74) is -0.692. The molecule has 1 heterocycles. The Labute approximate surface area is 150 Å². The Morgan fingerprint density at radius 2 is 2.08 bits per heavy atom. The number of benzene rings is 1. The smallest absolute Gasteiger partial charge is 0.321 e. The number of anilines is 1. The maximum atomic E-state index is 13.9. The van der Waals surface area contributed by atoms with Crippen molar-refractivity contribution in [2.45, 2.75) is 19.3 Å². The van der Waals surface area contributed by atoms with Crippen LogP contribution in [0.2, 0.25) is 0 Å². The highest BCUT2D eigenvalue weighted by Crippen LogP contribution is 2.48. The van der Waals surface area contributed by atoms with Crippen LogP contribution in [0.5, 0.6) is 0 Å². The van der Waals surface area contributed by atoms with E-state index in [4.69, 9.17) is 0 Å². The summed E-state index contributed by atoms with van der Waals surface area (Å²) >= 11 is 0. The first-order valence-electron chi connectivity index (χ1n) is 8.55. The number of carbonyl (C=O) groups is 3. The number of carboxylic acids is 1. The molecule has 0 radical (unpaired) electrons. The minimum atomic E-state index is -0.855. The maximum Gasteiger partial charge on any atom is 0.321 e. The molecular formula is C18H22FN3O4. The second-order valence-electron chi connectivity index (χ2n) is 7.26. The molecule has 1 aliphatic carbocycles. The van der Waals surface area contributed by atoms with Crippen LogP contribution in [0.15, 0.2) is 18.2 Å². The van der Waals surface area contributed by atoms with E-state index in [9.17, 15) is 23.9 Å². The summed E-state index contributed by atoms with van der Waals surface area (Å²) in [6, 6.07) is 3.36. The van der Waals surface area contributed by atoms with Crippen LogP contribution in [0, 0.1) is 17.2 Å². The molecule has 0 unspecified atom stereocenters. The van der Waals surface area contributed by atoms with E-state index in [1.54, 1.807) is 0 Å². The Bertz CT molecular complexity index is 767. The van der Waals surface area contributed by atoms with Gasteiger partial charge in [-0.2, -0.15) is 0 Å². The van der Waals surface area contributed by atoms with Crippen LogP contribution in [-0.2, 0) is 4.79 Å².